The van der Waals surface area contributed by atoms with E-state index in [0.717, 1.165) is 12.1 Å². The molecule has 112 valence electrons. The van der Waals surface area contributed by atoms with E-state index >= 15 is 0 Å². The van der Waals surface area contributed by atoms with Crippen molar-refractivity contribution in [2.24, 2.45) is 0 Å². The molecular formula is C15H20N4O2. The predicted molar refractivity (Wildman–Crippen MR) is 81.4 cm³/mol. The molecule has 1 atom stereocenters. The summed E-state index contributed by atoms with van der Waals surface area (Å²) < 4.78 is 6.69. The van der Waals surface area contributed by atoms with Gasteiger partial charge in [0.25, 0.3) is 5.91 Å². The highest BCUT2D eigenvalue weighted by molar-refractivity contribution is 5.92. The molecule has 3 N–H and O–H groups in total. The average molecular weight is 288 g/mol. The first-order valence-corrected chi connectivity index (χ1v) is 6.85. The molecule has 0 aliphatic carbocycles. The third kappa shape index (κ3) is 3.82. The summed E-state index contributed by atoms with van der Waals surface area (Å²) in [6.45, 7) is 2.48. The summed E-state index contributed by atoms with van der Waals surface area (Å²) in [4.78, 5) is 12.1. The second kappa shape index (κ2) is 6.90. The van der Waals surface area contributed by atoms with Crippen LogP contribution in [0, 0.1) is 0 Å². The van der Waals surface area contributed by atoms with Crippen molar-refractivity contribution in [3.8, 4) is 5.69 Å². The van der Waals surface area contributed by atoms with Crippen molar-refractivity contribution in [2.75, 3.05) is 19.5 Å². The number of nitrogens with one attached hydrogen (secondary N) is 1. The van der Waals surface area contributed by atoms with E-state index in [0.29, 0.717) is 18.0 Å². The molecule has 1 heterocycles. The summed E-state index contributed by atoms with van der Waals surface area (Å²) >= 11 is 0. The summed E-state index contributed by atoms with van der Waals surface area (Å²) in [5.41, 5.74) is 7.58. The predicted octanol–water partition coefficient (Wildman–Crippen LogP) is 1.61. The quantitative estimate of drug-likeness (QED) is 0.791. The number of amides is 1. The fraction of sp³-hybridized carbons (Fsp3) is 0.333. The molecule has 1 aromatic carbocycles. The van der Waals surface area contributed by atoms with E-state index < -0.39 is 0 Å². The van der Waals surface area contributed by atoms with Gasteiger partial charge in [0.05, 0.1) is 18.3 Å². The van der Waals surface area contributed by atoms with Crippen LogP contribution >= 0.6 is 0 Å². The van der Waals surface area contributed by atoms with Crippen LogP contribution in [0.4, 0.5) is 5.69 Å². The van der Waals surface area contributed by atoms with E-state index in [2.05, 4.69) is 10.4 Å². The Morgan fingerprint density at radius 1 is 1.48 bits per heavy atom. The Kier molecular flexibility index (Phi) is 4.94. The summed E-state index contributed by atoms with van der Waals surface area (Å²) in [5.74, 6) is -0.207. The van der Waals surface area contributed by atoms with Crippen LogP contribution in [0.25, 0.3) is 5.69 Å². The van der Waals surface area contributed by atoms with Gasteiger partial charge in [-0.2, -0.15) is 5.10 Å². The molecule has 0 saturated heterocycles. The molecule has 1 unspecified atom stereocenters. The summed E-state index contributed by atoms with van der Waals surface area (Å²) in [6, 6.07) is 8.99. The van der Waals surface area contributed by atoms with E-state index in [9.17, 15) is 4.79 Å². The Morgan fingerprint density at radius 2 is 2.29 bits per heavy atom. The van der Waals surface area contributed by atoms with E-state index in [1.54, 1.807) is 36.2 Å². The number of carbonyl (C=O) groups excluding carboxylic acids is 1. The van der Waals surface area contributed by atoms with Crippen molar-refractivity contribution in [1.82, 2.24) is 15.1 Å². The Bertz CT molecular complexity index is 609. The van der Waals surface area contributed by atoms with Crippen LogP contribution in [0.1, 0.15) is 23.8 Å². The number of anilines is 1. The van der Waals surface area contributed by atoms with Gasteiger partial charge >= 0.3 is 0 Å². The molecule has 1 amide bonds. The van der Waals surface area contributed by atoms with Gasteiger partial charge < -0.3 is 15.8 Å². The molecular weight excluding hydrogens is 268 g/mol. The fourth-order valence-corrected chi connectivity index (χ4v) is 1.98. The number of nitrogens with zero attached hydrogens (tertiary/aromatic N) is 2. The second-order valence-electron chi connectivity index (χ2n) is 4.77. The van der Waals surface area contributed by atoms with Crippen LogP contribution in [-0.4, -0.2) is 35.4 Å². The van der Waals surface area contributed by atoms with Gasteiger partial charge in [-0.15, -0.1) is 0 Å². The first kappa shape index (κ1) is 15.1. The maximum atomic E-state index is 12.1. The fourth-order valence-electron chi connectivity index (χ4n) is 1.98. The number of hydrogen-bond acceptors (Lipinski definition) is 4. The Hall–Kier alpha value is -2.34. The normalized spacial score (nSPS) is 12.1. The number of nitrogens with two attached hydrogens (primary N) is 1. The van der Waals surface area contributed by atoms with Gasteiger partial charge in [-0.25, -0.2) is 4.68 Å². The summed E-state index contributed by atoms with van der Waals surface area (Å²) in [7, 11) is 1.61. The molecule has 0 fully saturated rings. The Balaban J connectivity index is 2.10. The number of aromatic nitrogens is 2. The van der Waals surface area contributed by atoms with Gasteiger partial charge in [-0.1, -0.05) is 13.0 Å². The lowest BCUT2D eigenvalue weighted by atomic mass is 10.2. The maximum Gasteiger partial charge on any atom is 0.272 e. The highest BCUT2D eigenvalue weighted by Gasteiger charge is 2.14. The molecule has 1 aromatic heterocycles. The highest BCUT2D eigenvalue weighted by atomic mass is 16.5. The van der Waals surface area contributed by atoms with Crippen LogP contribution in [0.5, 0.6) is 0 Å². The zero-order valence-corrected chi connectivity index (χ0v) is 12.2. The van der Waals surface area contributed by atoms with Crippen molar-refractivity contribution < 1.29 is 9.53 Å². The van der Waals surface area contributed by atoms with Gasteiger partial charge in [-0.3, -0.25) is 4.79 Å². The van der Waals surface area contributed by atoms with E-state index in [-0.39, 0.29) is 11.9 Å². The van der Waals surface area contributed by atoms with E-state index in [4.69, 9.17) is 10.5 Å². The Labute approximate surface area is 123 Å². The summed E-state index contributed by atoms with van der Waals surface area (Å²) in [5, 5.41) is 7.17. The largest absolute Gasteiger partial charge is 0.399 e. The van der Waals surface area contributed by atoms with Crippen molar-refractivity contribution in [3.05, 3.63) is 42.2 Å². The molecule has 0 aliphatic rings. The topological polar surface area (TPSA) is 82.2 Å². The van der Waals surface area contributed by atoms with Crippen molar-refractivity contribution >= 4 is 11.6 Å². The number of carbonyl (C=O) groups is 1. The van der Waals surface area contributed by atoms with Crippen molar-refractivity contribution in [2.45, 2.75) is 19.4 Å². The van der Waals surface area contributed by atoms with Gasteiger partial charge in [0.1, 0.15) is 0 Å². The minimum atomic E-state index is -0.207. The van der Waals surface area contributed by atoms with Crippen LogP contribution in [-0.2, 0) is 4.74 Å². The lowest BCUT2D eigenvalue weighted by molar-refractivity contribution is 0.0889. The number of methoxy groups -OCH3 is 1. The highest BCUT2D eigenvalue weighted by Crippen LogP contribution is 2.11. The minimum Gasteiger partial charge on any atom is -0.399 e. The minimum absolute atomic E-state index is 0.0139. The van der Waals surface area contributed by atoms with Crippen LogP contribution in [0.15, 0.2) is 36.5 Å². The van der Waals surface area contributed by atoms with Crippen LogP contribution in [0.3, 0.4) is 0 Å². The summed E-state index contributed by atoms with van der Waals surface area (Å²) in [6.07, 6.45) is 2.54. The van der Waals surface area contributed by atoms with Gasteiger partial charge in [0.15, 0.2) is 5.69 Å². The van der Waals surface area contributed by atoms with Crippen molar-refractivity contribution in [3.63, 3.8) is 0 Å². The molecule has 6 heteroatoms. The number of hydrogen-bond donors (Lipinski definition) is 2. The second-order valence-corrected chi connectivity index (χ2v) is 4.77. The van der Waals surface area contributed by atoms with Crippen LogP contribution in [0.2, 0.25) is 0 Å². The zero-order chi connectivity index (χ0) is 15.2. The third-order valence-corrected chi connectivity index (χ3v) is 3.15. The molecule has 0 aliphatic heterocycles. The number of nitrogen functional groups attached to an aromatic ring is 1. The zero-order valence-electron chi connectivity index (χ0n) is 12.2. The molecule has 21 heavy (non-hydrogen) atoms. The van der Waals surface area contributed by atoms with Gasteiger partial charge in [0, 0.05) is 19.0 Å². The average Bonchev–Trinajstić information content (AvgIpc) is 2.96. The molecule has 0 radical (unpaired) electrons. The number of ether oxygens (including phenoxy) is 1. The van der Waals surface area contributed by atoms with Gasteiger partial charge in [-0.05, 0) is 30.7 Å². The van der Waals surface area contributed by atoms with Crippen LogP contribution < -0.4 is 11.1 Å². The molecule has 0 saturated carbocycles. The van der Waals surface area contributed by atoms with E-state index in [1.165, 1.54) is 0 Å². The number of benzene rings is 1. The smallest absolute Gasteiger partial charge is 0.272 e. The first-order valence-electron chi connectivity index (χ1n) is 6.85. The van der Waals surface area contributed by atoms with Gasteiger partial charge in [0.2, 0.25) is 0 Å². The molecule has 2 rings (SSSR count). The monoisotopic (exact) mass is 288 g/mol. The third-order valence-electron chi connectivity index (χ3n) is 3.15. The SMILES string of the molecule is CCC(COC)NC(=O)c1ccn(-c2cccc(N)c2)n1. The molecule has 2 aromatic rings. The molecule has 6 nitrogen and oxygen atoms in total. The first-order chi connectivity index (χ1) is 10.1. The van der Waals surface area contributed by atoms with Crippen molar-refractivity contribution in [1.29, 1.82) is 0 Å². The van der Waals surface area contributed by atoms with E-state index in [1.807, 2.05) is 19.1 Å². The standard InChI is InChI=1S/C15H20N4O2/c1-3-12(10-21-2)17-15(20)14-7-8-19(18-14)13-6-4-5-11(16)9-13/h4-9,12H,3,10,16H2,1-2H3,(H,17,20). The molecule has 0 spiro atoms. The lowest BCUT2D eigenvalue weighted by Gasteiger charge is -2.14. The molecule has 0 bridgehead atoms. The lowest BCUT2D eigenvalue weighted by Crippen LogP contribution is -2.37. The maximum absolute atomic E-state index is 12.1. The Morgan fingerprint density at radius 3 is 2.95 bits per heavy atom. The number of rotatable bonds is 6.